The number of amides is 1. The summed E-state index contributed by atoms with van der Waals surface area (Å²) in [6.07, 6.45) is 0. The molecule has 1 aromatic carbocycles. The van der Waals surface area contributed by atoms with E-state index in [2.05, 4.69) is 15.4 Å². The zero-order valence-corrected chi connectivity index (χ0v) is 12.4. The van der Waals surface area contributed by atoms with Crippen LogP contribution in [0.2, 0.25) is 0 Å². The molecule has 0 radical (unpaired) electrons. The number of methoxy groups -OCH3 is 1. The molecule has 0 aliphatic carbocycles. The average Bonchev–Trinajstić information content (AvgIpc) is 2.42. The van der Waals surface area contributed by atoms with Crippen LogP contribution in [0.25, 0.3) is 0 Å². The minimum atomic E-state index is -2.83. The van der Waals surface area contributed by atoms with E-state index in [-0.39, 0.29) is 30.6 Å². The van der Waals surface area contributed by atoms with Crippen LogP contribution in [0.5, 0.6) is 5.75 Å². The Balaban J connectivity index is 0.00000400. The highest BCUT2D eigenvalue weighted by Crippen LogP contribution is 2.14. The van der Waals surface area contributed by atoms with E-state index >= 15 is 0 Å². The first-order valence-corrected chi connectivity index (χ1v) is 6.12. The summed E-state index contributed by atoms with van der Waals surface area (Å²) in [6.45, 7) is -1.16. The van der Waals surface area contributed by atoms with Gasteiger partial charge in [0.25, 0.3) is 0 Å². The van der Waals surface area contributed by atoms with Gasteiger partial charge in [-0.3, -0.25) is 4.79 Å². The van der Waals surface area contributed by atoms with Crippen molar-refractivity contribution in [2.24, 2.45) is 0 Å². The number of rotatable bonds is 9. The standard InChI is InChI=1S/C13H18F2N2O3.ClH/c1-19-7-6-16-9-12(18)17-8-10-2-4-11(5-3-10)20-13(14)15;/h2-5,13,16H,6-9H2,1H3,(H,17,18);1H. The van der Waals surface area contributed by atoms with Crippen LogP contribution in [-0.4, -0.2) is 39.3 Å². The molecule has 1 amide bonds. The zero-order chi connectivity index (χ0) is 14.8. The molecule has 1 aromatic rings. The monoisotopic (exact) mass is 324 g/mol. The Morgan fingerprint density at radius 3 is 2.52 bits per heavy atom. The lowest BCUT2D eigenvalue weighted by Crippen LogP contribution is -2.34. The summed E-state index contributed by atoms with van der Waals surface area (Å²) in [4.78, 5) is 11.5. The van der Waals surface area contributed by atoms with Crippen LogP contribution in [0.4, 0.5) is 8.78 Å². The van der Waals surface area contributed by atoms with E-state index in [0.29, 0.717) is 19.7 Å². The van der Waals surface area contributed by atoms with Crippen LogP contribution in [0.1, 0.15) is 5.56 Å². The van der Waals surface area contributed by atoms with Gasteiger partial charge in [-0.15, -0.1) is 12.4 Å². The van der Waals surface area contributed by atoms with E-state index in [0.717, 1.165) is 5.56 Å². The Morgan fingerprint density at radius 2 is 1.95 bits per heavy atom. The predicted octanol–water partition coefficient (Wildman–Crippen LogP) is 1.56. The van der Waals surface area contributed by atoms with E-state index < -0.39 is 6.61 Å². The van der Waals surface area contributed by atoms with Crippen LogP contribution in [0.3, 0.4) is 0 Å². The van der Waals surface area contributed by atoms with Gasteiger partial charge in [-0.25, -0.2) is 0 Å². The van der Waals surface area contributed by atoms with Crippen molar-refractivity contribution in [1.82, 2.24) is 10.6 Å². The Kier molecular flexibility index (Phi) is 10.5. The van der Waals surface area contributed by atoms with Gasteiger partial charge in [0.2, 0.25) is 5.91 Å². The molecule has 5 nitrogen and oxygen atoms in total. The van der Waals surface area contributed by atoms with Gasteiger partial charge in [0, 0.05) is 20.2 Å². The van der Waals surface area contributed by atoms with Gasteiger partial charge in [0.15, 0.2) is 0 Å². The molecule has 0 bridgehead atoms. The fourth-order valence-corrected chi connectivity index (χ4v) is 1.43. The number of benzene rings is 1. The largest absolute Gasteiger partial charge is 0.435 e. The van der Waals surface area contributed by atoms with Crippen molar-refractivity contribution < 1.29 is 23.0 Å². The maximum absolute atomic E-state index is 12.0. The van der Waals surface area contributed by atoms with Gasteiger partial charge in [-0.2, -0.15) is 8.78 Å². The lowest BCUT2D eigenvalue weighted by atomic mass is 10.2. The number of ether oxygens (including phenoxy) is 2. The van der Waals surface area contributed by atoms with Crippen LogP contribution in [-0.2, 0) is 16.1 Å². The van der Waals surface area contributed by atoms with E-state index in [1.807, 2.05) is 0 Å². The van der Waals surface area contributed by atoms with Gasteiger partial charge < -0.3 is 20.1 Å². The van der Waals surface area contributed by atoms with Gasteiger partial charge in [-0.05, 0) is 17.7 Å². The second-order valence-electron chi connectivity index (χ2n) is 3.97. The third kappa shape index (κ3) is 9.17. The molecule has 0 atom stereocenters. The molecule has 0 aliphatic rings. The molecule has 0 saturated carbocycles. The highest BCUT2D eigenvalue weighted by atomic mass is 35.5. The number of carbonyl (C=O) groups excluding carboxylic acids is 1. The Bertz CT molecular complexity index is 405. The molecule has 0 unspecified atom stereocenters. The van der Waals surface area contributed by atoms with E-state index in [1.165, 1.54) is 12.1 Å². The molecule has 8 heteroatoms. The summed E-state index contributed by atoms with van der Waals surface area (Å²) in [5, 5.41) is 5.62. The fraction of sp³-hybridized carbons (Fsp3) is 0.462. The molecule has 0 aromatic heterocycles. The highest BCUT2D eigenvalue weighted by molar-refractivity contribution is 5.85. The average molecular weight is 325 g/mol. The molecule has 21 heavy (non-hydrogen) atoms. The molecular formula is C13H19ClF2N2O3. The smallest absolute Gasteiger partial charge is 0.387 e. The SMILES string of the molecule is COCCNCC(=O)NCc1ccc(OC(F)F)cc1.Cl. The van der Waals surface area contributed by atoms with Crippen LogP contribution >= 0.6 is 12.4 Å². The first kappa shape index (κ1) is 19.6. The Labute approximate surface area is 128 Å². The summed E-state index contributed by atoms with van der Waals surface area (Å²) >= 11 is 0. The molecule has 2 N–H and O–H groups in total. The lowest BCUT2D eigenvalue weighted by Gasteiger charge is -2.08. The summed E-state index contributed by atoms with van der Waals surface area (Å²) in [5.74, 6) is -0.0506. The third-order valence-corrected chi connectivity index (χ3v) is 2.41. The number of carbonyl (C=O) groups is 1. The van der Waals surface area contributed by atoms with E-state index in [4.69, 9.17) is 4.74 Å². The van der Waals surface area contributed by atoms with Crippen molar-refractivity contribution in [3.05, 3.63) is 29.8 Å². The number of hydrogen-bond donors (Lipinski definition) is 2. The van der Waals surface area contributed by atoms with Crippen molar-refractivity contribution in [2.75, 3.05) is 26.8 Å². The molecule has 0 spiro atoms. The summed E-state index contributed by atoms with van der Waals surface area (Å²) in [5.41, 5.74) is 0.803. The highest BCUT2D eigenvalue weighted by Gasteiger charge is 2.04. The molecule has 0 heterocycles. The Hall–Kier alpha value is -1.44. The van der Waals surface area contributed by atoms with Gasteiger partial charge >= 0.3 is 6.61 Å². The maximum Gasteiger partial charge on any atom is 0.387 e. The van der Waals surface area contributed by atoms with Gasteiger partial charge in [-0.1, -0.05) is 12.1 Å². The van der Waals surface area contributed by atoms with Crippen molar-refractivity contribution >= 4 is 18.3 Å². The number of nitrogens with one attached hydrogen (secondary N) is 2. The van der Waals surface area contributed by atoms with E-state index in [1.54, 1.807) is 19.2 Å². The Morgan fingerprint density at radius 1 is 1.29 bits per heavy atom. The van der Waals surface area contributed by atoms with Crippen LogP contribution in [0, 0.1) is 0 Å². The minimum absolute atomic E-state index is 0. The second kappa shape index (κ2) is 11.2. The number of halogens is 3. The van der Waals surface area contributed by atoms with Crippen molar-refractivity contribution in [3.63, 3.8) is 0 Å². The summed E-state index contributed by atoms with van der Waals surface area (Å²) < 4.78 is 33.0. The van der Waals surface area contributed by atoms with Gasteiger partial charge in [0.1, 0.15) is 5.75 Å². The molecule has 1 rings (SSSR count). The first-order valence-electron chi connectivity index (χ1n) is 6.12. The zero-order valence-electron chi connectivity index (χ0n) is 11.6. The molecular weight excluding hydrogens is 306 g/mol. The third-order valence-electron chi connectivity index (χ3n) is 2.41. The minimum Gasteiger partial charge on any atom is -0.435 e. The van der Waals surface area contributed by atoms with Crippen molar-refractivity contribution in [3.8, 4) is 5.75 Å². The van der Waals surface area contributed by atoms with Crippen molar-refractivity contribution in [2.45, 2.75) is 13.2 Å². The summed E-state index contributed by atoms with van der Waals surface area (Å²) in [7, 11) is 1.59. The van der Waals surface area contributed by atoms with E-state index in [9.17, 15) is 13.6 Å². The van der Waals surface area contributed by atoms with Crippen LogP contribution < -0.4 is 15.4 Å². The summed E-state index contributed by atoms with van der Waals surface area (Å²) in [6, 6.07) is 6.11. The quantitative estimate of drug-likeness (QED) is 0.677. The molecule has 0 aliphatic heterocycles. The van der Waals surface area contributed by atoms with Crippen molar-refractivity contribution in [1.29, 1.82) is 0 Å². The van der Waals surface area contributed by atoms with Gasteiger partial charge in [0.05, 0.1) is 13.2 Å². The van der Waals surface area contributed by atoms with Crippen LogP contribution in [0.15, 0.2) is 24.3 Å². The molecule has 0 fully saturated rings. The molecule has 0 saturated heterocycles. The number of hydrogen-bond acceptors (Lipinski definition) is 4. The topological polar surface area (TPSA) is 59.6 Å². The molecule has 120 valence electrons. The first-order chi connectivity index (χ1) is 9.61. The normalized spacial score (nSPS) is 10.1. The predicted molar refractivity (Wildman–Crippen MR) is 76.9 cm³/mol. The second-order valence-corrected chi connectivity index (χ2v) is 3.97. The fourth-order valence-electron chi connectivity index (χ4n) is 1.43. The lowest BCUT2D eigenvalue weighted by molar-refractivity contribution is -0.120. The maximum atomic E-state index is 12.0. The number of alkyl halides is 2.